The number of halogens is 1. The van der Waals surface area contributed by atoms with Gasteiger partial charge in [0.25, 0.3) is 0 Å². The Kier molecular flexibility index (Phi) is 4.30. The second-order valence-electron chi connectivity index (χ2n) is 5.23. The molecule has 2 rings (SSSR count). The maximum absolute atomic E-state index is 9.59. The predicted octanol–water partition coefficient (Wildman–Crippen LogP) is 2.26. The van der Waals surface area contributed by atoms with Crippen molar-refractivity contribution in [1.29, 1.82) is 0 Å². The quantitative estimate of drug-likeness (QED) is 0.907. The predicted molar refractivity (Wildman–Crippen MR) is 79.2 cm³/mol. The Morgan fingerprint density at radius 3 is 2.72 bits per heavy atom. The topological polar surface area (TPSA) is 26.7 Å². The van der Waals surface area contributed by atoms with Crippen LogP contribution in [-0.2, 0) is 0 Å². The summed E-state index contributed by atoms with van der Waals surface area (Å²) in [6, 6.07) is 7.07. The molecule has 100 valence electrons. The molecule has 0 bridgehead atoms. The van der Waals surface area contributed by atoms with Crippen LogP contribution in [0.1, 0.15) is 12.5 Å². The Hall–Kier alpha value is -0.580. The monoisotopic (exact) mass is 312 g/mol. The Labute approximate surface area is 118 Å². The molecule has 1 saturated heterocycles. The molecule has 0 spiro atoms. The van der Waals surface area contributed by atoms with Gasteiger partial charge in [-0.3, -0.25) is 4.90 Å². The molecule has 1 aliphatic heterocycles. The minimum Gasteiger partial charge on any atom is -0.394 e. The lowest BCUT2D eigenvalue weighted by Crippen LogP contribution is -2.57. The van der Waals surface area contributed by atoms with Gasteiger partial charge in [-0.25, -0.2) is 0 Å². The summed E-state index contributed by atoms with van der Waals surface area (Å²) < 4.78 is 1.11. The number of benzene rings is 1. The van der Waals surface area contributed by atoms with Crippen molar-refractivity contribution in [2.75, 3.05) is 31.6 Å². The smallest absolute Gasteiger partial charge is 0.0649 e. The maximum atomic E-state index is 9.59. The number of aliphatic hydroxyl groups is 1. The minimum atomic E-state index is 0.171. The van der Waals surface area contributed by atoms with E-state index < -0.39 is 0 Å². The van der Waals surface area contributed by atoms with E-state index in [0.717, 1.165) is 17.6 Å². The van der Waals surface area contributed by atoms with Crippen molar-refractivity contribution in [1.82, 2.24) is 4.90 Å². The van der Waals surface area contributed by atoms with Crippen LogP contribution in [0.4, 0.5) is 5.69 Å². The summed E-state index contributed by atoms with van der Waals surface area (Å²) in [5, 5.41) is 9.59. The van der Waals surface area contributed by atoms with Crippen LogP contribution < -0.4 is 4.90 Å². The van der Waals surface area contributed by atoms with E-state index in [4.69, 9.17) is 0 Å². The lowest BCUT2D eigenvalue weighted by molar-refractivity contribution is 0.155. The van der Waals surface area contributed by atoms with Crippen molar-refractivity contribution in [3.8, 4) is 0 Å². The van der Waals surface area contributed by atoms with Crippen LogP contribution in [0.15, 0.2) is 22.7 Å². The Morgan fingerprint density at radius 1 is 1.39 bits per heavy atom. The van der Waals surface area contributed by atoms with Crippen molar-refractivity contribution >= 4 is 21.6 Å². The first kappa shape index (κ1) is 13.8. The van der Waals surface area contributed by atoms with Crippen molar-refractivity contribution in [2.24, 2.45) is 0 Å². The third-order valence-corrected chi connectivity index (χ3v) is 4.41. The molecule has 1 aliphatic rings. The number of anilines is 1. The van der Waals surface area contributed by atoms with E-state index >= 15 is 0 Å². The van der Waals surface area contributed by atoms with E-state index in [1.807, 2.05) is 0 Å². The SMILES string of the molecule is Cc1ccc(N2CC(C)N(C)CC2CO)c(Br)c1. The average Bonchev–Trinajstić information content (AvgIpc) is 2.32. The number of aliphatic hydroxyl groups excluding tert-OH is 1. The molecule has 2 unspecified atom stereocenters. The Bertz CT molecular complexity index is 424. The highest BCUT2D eigenvalue weighted by atomic mass is 79.9. The summed E-state index contributed by atoms with van der Waals surface area (Å²) in [6.45, 7) is 6.35. The van der Waals surface area contributed by atoms with Crippen molar-refractivity contribution < 1.29 is 5.11 Å². The second-order valence-corrected chi connectivity index (χ2v) is 6.09. The first-order chi connectivity index (χ1) is 8.52. The van der Waals surface area contributed by atoms with Gasteiger partial charge in [0.1, 0.15) is 0 Å². The molecule has 0 radical (unpaired) electrons. The van der Waals surface area contributed by atoms with Crippen LogP contribution in [0, 0.1) is 6.92 Å². The summed E-state index contributed by atoms with van der Waals surface area (Å²) >= 11 is 3.64. The largest absolute Gasteiger partial charge is 0.394 e. The fraction of sp³-hybridized carbons (Fsp3) is 0.571. The zero-order chi connectivity index (χ0) is 13.3. The highest BCUT2D eigenvalue weighted by molar-refractivity contribution is 9.10. The molecule has 0 aliphatic carbocycles. The van der Waals surface area contributed by atoms with Crippen LogP contribution in [0.3, 0.4) is 0 Å². The zero-order valence-electron chi connectivity index (χ0n) is 11.2. The number of piperazine rings is 1. The lowest BCUT2D eigenvalue weighted by Gasteiger charge is -2.44. The third-order valence-electron chi connectivity index (χ3n) is 3.78. The van der Waals surface area contributed by atoms with Gasteiger partial charge in [-0.15, -0.1) is 0 Å². The van der Waals surface area contributed by atoms with Gasteiger partial charge in [-0.05, 0) is 54.5 Å². The number of nitrogens with zero attached hydrogens (tertiary/aromatic N) is 2. The Balaban J connectivity index is 2.29. The van der Waals surface area contributed by atoms with E-state index in [-0.39, 0.29) is 12.6 Å². The summed E-state index contributed by atoms with van der Waals surface area (Å²) in [4.78, 5) is 4.62. The van der Waals surface area contributed by atoms with Gasteiger partial charge >= 0.3 is 0 Å². The first-order valence-corrected chi connectivity index (χ1v) is 7.16. The van der Waals surface area contributed by atoms with Crippen LogP contribution in [0.25, 0.3) is 0 Å². The number of hydrogen-bond donors (Lipinski definition) is 1. The van der Waals surface area contributed by atoms with Crippen LogP contribution in [0.2, 0.25) is 0 Å². The molecule has 1 fully saturated rings. The molecular formula is C14H21BrN2O. The molecule has 1 aromatic carbocycles. The molecule has 2 atom stereocenters. The average molecular weight is 313 g/mol. The summed E-state index contributed by atoms with van der Waals surface area (Å²) in [5.74, 6) is 0. The molecule has 0 amide bonds. The third kappa shape index (κ3) is 2.71. The highest BCUT2D eigenvalue weighted by Crippen LogP contribution is 2.30. The first-order valence-electron chi connectivity index (χ1n) is 6.37. The van der Waals surface area contributed by atoms with Crippen molar-refractivity contribution in [3.63, 3.8) is 0 Å². The van der Waals surface area contributed by atoms with Gasteiger partial charge in [0.05, 0.1) is 18.3 Å². The van der Waals surface area contributed by atoms with Crippen LogP contribution in [-0.4, -0.2) is 48.8 Å². The van der Waals surface area contributed by atoms with Gasteiger partial charge in [-0.1, -0.05) is 6.07 Å². The molecule has 18 heavy (non-hydrogen) atoms. The van der Waals surface area contributed by atoms with E-state index in [0.29, 0.717) is 6.04 Å². The van der Waals surface area contributed by atoms with E-state index in [9.17, 15) is 5.11 Å². The fourth-order valence-corrected chi connectivity index (χ4v) is 3.20. The van der Waals surface area contributed by atoms with Crippen LogP contribution in [0.5, 0.6) is 0 Å². The van der Waals surface area contributed by atoms with Gasteiger partial charge in [0, 0.05) is 23.6 Å². The van der Waals surface area contributed by atoms with Gasteiger partial charge in [0.2, 0.25) is 0 Å². The highest BCUT2D eigenvalue weighted by Gasteiger charge is 2.30. The number of aryl methyl sites for hydroxylation is 1. The number of rotatable bonds is 2. The summed E-state index contributed by atoms with van der Waals surface area (Å²) in [5.41, 5.74) is 2.42. The van der Waals surface area contributed by atoms with E-state index in [2.05, 4.69) is 64.8 Å². The second kappa shape index (κ2) is 5.59. The standard InChI is InChI=1S/C14H21BrN2O/c1-10-4-5-14(13(15)6-10)17-7-11(2)16(3)8-12(17)9-18/h4-6,11-12,18H,7-9H2,1-3H3. The molecule has 1 heterocycles. The molecule has 1 N–H and O–H groups in total. The summed E-state index contributed by atoms with van der Waals surface area (Å²) in [7, 11) is 2.12. The lowest BCUT2D eigenvalue weighted by atomic mass is 10.1. The number of likely N-dealkylation sites (N-methyl/N-ethyl adjacent to an activating group) is 1. The summed E-state index contributed by atoms with van der Waals surface area (Å²) in [6.07, 6.45) is 0. The normalized spacial score (nSPS) is 25.5. The number of hydrogen-bond acceptors (Lipinski definition) is 3. The fourth-order valence-electron chi connectivity index (χ4n) is 2.48. The van der Waals surface area contributed by atoms with Gasteiger partial charge in [0.15, 0.2) is 0 Å². The molecule has 1 aromatic rings. The molecule has 0 aromatic heterocycles. The van der Waals surface area contributed by atoms with E-state index in [1.54, 1.807) is 0 Å². The molecular weight excluding hydrogens is 292 g/mol. The van der Waals surface area contributed by atoms with E-state index in [1.165, 1.54) is 11.3 Å². The van der Waals surface area contributed by atoms with Crippen LogP contribution >= 0.6 is 15.9 Å². The van der Waals surface area contributed by atoms with Crippen molar-refractivity contribution in [2.45, 2.75) is 25.9 Å². The van der Waals surface area contributed by atoms with Crippen molar-refractivity contribution in [3.05, 3.63) is 28.2 Å². The molecule has 4 heteroatoms. The van der Waals surface area contributed by atoms with Gasteiger partial charge in [-0.2, -0.15) is 0 Å². The molecule has 0 saturated carbocycles. The van der Waals surface area contributed by atoms with Gasteiger partial charge < -0.3 is 10.0 Å². The maximum Gasteiger partial charge on any atom is 0.0649 e. The minimum absolute atomic E-state index is 0.171. The zero-order valence-corrected chi connectivity index (χ0v) is 12.8. The Morgan fingerprint density at radius 2 is 2.11 bits per heavy atom. The molecule has 3 nitrogen and oxygen atoms in total.